The maximum atomic E-state index is 12.1. The molecule has 0 N–H and O–H groups in total. The average Bonchev–Trinajstić information content (AvgIpc) is 2.54. The second-order valence-corrected chi connectivity index (χ2v) is 5.28. The molecule has 0 unspecified atom stereocenters. The number of hydrogen-bond acceptors (Lipinski definition) is 2. The Bertz CT molecular complexity index is 695. The summed E-state index contributed by atoms with van der Waals surface area (Å²) < 4.78 is 4.97. The van der Waals surface area contributed by atoms with Crippen LogP contribution < -0.4 is 0 Å². The molecule has 0 fully saturated rings. The highest BCUT2D eigenvalue weighted by molar-refractivity contribution is 5.93. The Balaban J connectivity index is 2.00. The van der Waals surface area contributed by atoms with E-state index < -0.39 is 0 Å². The second kappa shape index (κ2) is 4.07. The third kappa shape index (κ3) is 1.36. The summed E-state index contributed by atoms with van der Waals surface area (Å²) in [7, 11) is 1.45. The summed E-state index contributed by atoms with van der Waals surface area (Å²) in [5.41, 5.74) is 5.86. The van der Waals surface area contributed by atoms with Gasteiger partial charge in [-0.25, -0.2) is 4.79 Å². The molecule has 98 valence electrons. The van der Waals surface area contributed by atoms with Crippen molar-refractivity contribution in [2.24, 2.45) is 0 Å². The number of hydrogen-bond donors (Lipinski definition) is 0. The molecule has 3 aliphatic carbocycles. The molecule has 0 amide bonds. The van der Waals surface area contributed by atoms with E-state index in [2.05, 4.69) is 42.5 Å². The van der Waals surface area contributed by atoms with Crippen LogP contribution in [0.5, 0.6) is 0 Å². The molecule has 2 heteroatoms. The molecular weight excluding hydrogens is 248 g/mol. The lowest BCUT2D eigenvalue weighted by molar-refractivity contribution is -0.136. The van der Waals surface area contributed by atoms with Gasteiger partial charge in [0, 0.05) is 17.4 Å². The van der Waals surface area contributed by atoms with Gasteiger partial charge in [0.1, 0.15) is 0 Å². The lowest BCUT2D eigenvalue weighted by atomic mass is 9.64. The first-order chi connectivity index (χ1) is 9.81. The first-order valence-electron chi connectivity index (χ1n) is 6.79. The van der Waals surface area contributed by atoms with E-state index in [1.165, 1.54) is 29.4 Å². The van der Waals surface area contributed by atoms with Crippen molar-refractivity contribution in [1.82, 2.24) is 0 Å². The van der Waals surface area contributed by atoms with Gasteiger partial charge in [-0.1, -0.05) is 54.6 Å². The molecule has 0 saturated heterocycles. The fraction of sp³-hybridized carbons (Fsp3) is 0.167. The van der Waals surface area contributed by atoms with Crippen LogP contribution >= 0.6 is 0 Å². The standard InChI is InChI=1S/C18H14O2/c1-20-18(19)16-10-15-11-6-2-4-8-13(11)17(16)14-9-5-3-7-12(14)15/h2-10,15,17H,1H3. The number of ether oxygens (including phenoxy) is 1. The topological polar surface area (TPSA) is 26.3 Å². The zero-order valence-corrected chi connectivity index (χ0v) is 11.2. The summed E-state index contributed by atoms with van der Waals surface area (Å²) in [6.45, 7) is 0. The molecule has 0 aromatic heterocycles. The van der Waals surface area contributed by atoms with Crippen LogP contribution in [0.25, 0.3) is 0 Å². The smallest absolute Gasteiger partial charge is 0.334 e. The van der Waals surface area contributed by atoms with E-state index in [-0.39, 0.29) is 17.8 Å². The Hall–Kier alpha value is -2.35. The molecule has 0 aliphatic heterocycles. The molecule has 0 saturated carbocycles. The van der Waals surface area contributed by atoms with Crippen molar-refractivity contribution in [3.8, 4) is 0 Å². The van der Waals surface area contributed by atoms with E-state index >= 15 is 0 Å². The van der Waals surface area contributed by atoms with Gasteiger partial charge in [-0.05, 0) is 22.3 Å². The van der Waals surface area contributed by atoms with Gasteiger partial charge in [-0.3, -0.25) is 0 Å². The van der Waals surface area contributed by atoms with Crippen LogP contribution in [0.2, 0.25) is 0 Å². The molecule has 5 rings (SSSR count). The molecule has 20 heavy (non-hydrogen) atoms. The van der Waals surface area contributed by atoms with Gasteiger partial charge in [0.05, 0.1) is 7.11 Å². The quantitative estimate of drug-likeness (QED) is 0.736. The first kappa shape index (κ1) is 11.5. The highest BCUT2D eigenvalue weighted by Crippen LogP contribution is 2.51. The van der Waals surface area contributed by atoms with Crippen molar-refractivity contribution in [3.05, 3.63) is 82.4 Å². The van der Waals surface area contributed by atoms with Crippen LogP contribution in [0, 0.1) is 0 Å². The number of allylic oxidation sites excluding steroid dienone is 1. The molecule has 0 atom stereocenters. The van der Waals surface area contributed by atoms with Crippen LogP contribution in [0.4, 0.5) is 0 Å². The summed E-state index contributed by atoms with van der Waals surface area (Å²) in [6.07, 6.45) is 2.07. The molecule has 2 bridgehead atoms. The molecule has 2 aromatic rings. The third-order valence-corrected chi connectivity index (χ3v) is 4.36. The van der Waals surface area contributed by atoms with E-state index in [1.54, 1.807) is 0 Å². The van der Waals surface area contributed by atoms with E-state index in [4.69, 9.17) is 4.74 Å². The summed E-state index contributed by atoms with van der Waals surface area (Å²) in [5, 5.41) is 0. The van der Waals surface area contributed by atoms with Gasteiger partial charge < -0.3 is 4.74 Å². The number of esters is 1. The Morgan fingerprint density at radius 1 is 0.900 bits per heavy atom. The fourth-order valence-electron chi connectivity index (χ4n) is 3.54. The van der Waals surface area contributed by atoms with Gasteiger partial charge >= 0.3 is 5.97 Å². The van der Waals surface area contributed by atoms with Gasteiger partial charge in [0.15, 0.2) is 0 Å². The van der Waals surface area contributed by atoms with Gasteiger partial charge in [-0.15, -0.1) is 0 Å². The second-order valence-electron chi connectivity index (χ2n) is 5.28. The van der Waals surface area contributed by atoms with E-state index in [0.717, 1.165) is 5.57 Å². The molecule has 2 aromatic carbocycles. The predicted octanol–water partition coefficient (Wildman–Crippen LogP) is 3.38. The zero-order valence-electron chi connectivity index (χ0n) is 11.2. The van der Waals surface area contributed by atoms with Gasteiger partial charge in [0.2, 0.25) is 0 Å². The lowest BCUT2D eigenvalue weighted by Crippen LogP contribution is -2.28. The largest absolute Gasteiger partial charge is 0.466 e. The third-order valence-electron chi connectivity index (χ3n) is 4.36. The fourth-order valence-corrected chi connectivity index (χ4v) is 3.54. The Morgan fingerprint density at radius 2 is 1.40 bits per heavy atom. The number of carbonyl (C=O) groups excluding carboxylic acids is 1. The highest BCUT2D eigenvalue weighted by atomic mass is 16.5. The maximum Gasteiger partial charge on any atom is 0.334 e. The van der Waals surface area contributed by atoms with E-state index in [0.29, 0.717) is 0 Å². The first-order valence-corrected chi connectivity index (χ1v) is 6.79. The normalized spacial score (nSPS) is 21.8. The van der Waals surface area contributed by atoms with Gasteiger partial charge in [-0.2, -0.15) is 0 Å². The molecular formula is C18H14O2. The zero-order chi connectivity index (χ0) is 13.7. The number of methoxy groups -OCH3 is 1. The summed E-state index contributed by atoms with van der Waals surface area (Å²) in [6, 6.07) is 16.8. The Labute approximate surface area is 117 Å². The molecule has 3 aliphatic rings. The highest BCUT2D eigenvalue weighted by Gasteiger charge is 2.40. The van der Waals surface area contributed by atoms with Crippen molar-refractivity contribution in [1.29, 1.82) is 0 Å². The summed E-state index contributed by atoms with van der Waals surface area (Å²) in [5.74, 6) is -0.0367. The SMILES string of the molecule is COC(=O)C1=CC2c3ccccc3C1c1ccccc12. The van der Waals surface area contributed by atoms with Crippen LogP contribution in [0.1, 0.15) is 34.1 Å². The number of carbonyl (C=O) groups is 1. The minimum Gasteiger partial charge on any atom is -0.466 e. The van der Waals surface area contributed by atoms with Crippen molar-refractivity contribution < 1.29 is 9.53 Å². The molecule has 0 radical (unpaired) electrons. The monoisotopic (exact) mass is 262 g/mol. The molecule has 0 spiro atoms. The maximum absolute atomic E-state index is 12.1. The van der Waals surface area contributed by atoms with Crippen molar-refractivity contribution in [2.75, 3.05) is 7.11 Å². The number of benzene rings is 2. The Kier molecular flexibility index (Phi) is 2.34. The number of rotatable bonds is 1. The van der Waals surface area contributed by atoms with Crippen LogP contribution in [-0.4, -0.2) is 13.1 Å². The summed E-state index contributed by atoms with van der Waals surface area (Å²) >= 11 is 0. The molecule has 2 nitrogen and oxygen atoms in total. The molecule has 0 heterocycles. The van der Waals surface area contributed by atoms with Gasteiger partial charge in [0.25, 0.3) is 0 Å². The van der Waals surface area contributed by atoms with Crippen molar-refractivity contribution in [2.45, 2.75) is 11.8 Å². The van der Waals surface area contributed by atoms with Crippen LogP contribution in [0.15, 0.2) is 60.2 Å². The minimum atomic E-state index is -0.219. The average molecular weight is 262 g/mol. The predicted molar refractivity (Wildman–Crippen MR) is 76.7 cm³/mol. The van der Waals surface area contributed by atoms with Crippen molar-refractivity contribution in [3.63, 3.8) is 0 Å². The minimum absolute atomic E-state index is 0.0137. The van der Waals surface area contributed by atoms with Crippen LogP contribution in [-0.2, 0) is 9.53 Å². The van der Waals surface area contributed by atoms with E-state index in [1.807, 2.05) is 12.1 Å². The Morgan fingerprint density at radius 3 is 1.90 bits per heavy atom. The summed E-state index contributed by atoms with van der Waals surface area (Å²) in [4.78, 5) is 12.1. The van der Waals surface area contributed by atoms with Crippen LogP contribution in [0.3, 0.4) is 0 Å². The van der Waals surface area contributed by atoms with Crippen molar-refractivity contribution >= 4 is 5.97 Å². The van der Waals surface area contributed by atoms with E-state index in [9.17, 15) is 4.79 Å². The lowest BCUT2D eigenvalue weighted by Gasteiger charge is -2.38.